The van der Waals surface area contributed by atoms with E-state index < -0.39 is 0 Å². The number of hydrogen-bond donors (Lipinski definition) is 0. The second-order valence-corrected chi connectivity index (χ2v) is 8.46. The average Bonchev–Trinajstić information content (AvgIpc) is 2.79. The molecule has 1 aliphatic rings. The molecule has 144 valence electrons. The van der Waals surface area contributed by atoms with Gasteiger partial charge in [-0.15, -0.1) is 0 Å². The number of para-hydroxylation sites is 1. The lowest BCUT2D eigenvalue weighted by atomic mass is 9.88. The van der Waals surface area contributed by atoms with E-state index in [2.05, 4.69) is 121 Å². The van der Waals surface area contributed by atoms with Crippen LogP contribution in [0.25, 0.3) is 32.3 Å². The first-order valence-electron chi connectivity index (χ1n) is 10.6. The third kappa shape index (κ3) is 2.48. The first kappa shape index (κ1) is 17.3. The highest BCUT2D eigenvalue weighted by Crippen LogP contribution is 2.44. The highest BCUT2D eigenvalue weighted by molar-refractivity contribution is 6.25. The summed E-state index contributed by atoms with van der Waals surface area (Å²) in [6.45, 7) is 2.33. The molecule has 0 heterocycles. The molecule has 0 saturated carbocycles. The summed E-state index contributed by atoms with van der Waals surface area (Å²) in [6, 6.07) is 31.0. The van der Waals surface area contributed by atoms with E-state index >= 15 is 0 Å². The molecule has 0 spiro atoms. The molecule has 5 aromatic rings. The van der Waals surface area contributed by atoms with E-state index in [4.69, 9.17) is 0 Å². The van der Waals surface area contributed by atoms with Crippen LogP contribution in [0.3, 0.4) is 0 Å². The fraction of sp³-hybridized carbons (Fsp3) is 0.103. The zero-order chi connectivity index (χ0) is 20.1. The molecule has 1 unspecified atom stereocenters. The van der Waals surface area contributed by atoms with Crippen molar-refractivity contribution in [3.8, 4) is 0 Å². The predicted molar refractivity (Wildman–Crippen MR) is 130 cm³/mol. The highest BCUT2D eigenvalue weighted by atomic mass is 15.2. The molecule has 0 aromatic heterocycles. The summed E-state index contributed by atoms with van der Waals surface area (Å²) in [6.07, 6.45) is 9.90. The largest absolute Gasteiger partial charge is 0.331 e. The van der Waals surface area contributed by atoms with Crippen molar-refractivity contribution in [3.63, 3.8) is 0 Å². The molecule has 0 N–H and O–H groups in total. The molecule has 0 aliphatic heterocycles. The van der Waals surface area contributed by atoms with Crippen LogP contribution >= 0.6 is 0 Å². The van der Waals surface area contributed by atoms with Crippen LogP contribution in [0, 0.1) is 0 Å². The van der Waals surface area contributed by atoms with Gasteiger partial charge in [0.05, 0.1) is 5.54 Å². The quantitative estimate of drug-likeness (QED) is 0.284. The Kier molecular flexibility index (Phi) is 3.73. The Morgan fingerprint density at radius 3 is 2.10 bits per heavy atom. The Labute approximate surface area is 176 Å². The maximum Gasteiger partial charge on any atom is 0.0643 e. The minimum absolute atomic E-state index is 0.126. The van der Waals surface area contributed by atoms with Crippen molar-refractivity contribution in [1.82, 2.24) is 0 Å². The van der Waals surface area contributed by atoms with Crippen molar-refractivity contribution in [1.29, 1.82) is 0 Å². The lowest BCUT2D eigenvalue weighted by Gasteiger charge is -2.42. The summed E-state index contributed by atoms with van der Waals surface area (Å²) in [5, 5.41) is 7.95. The molecule has 5 aromatic carbocycles. The normalized spacial score (nSPS) is 18.6. The summed E-state index contributed by atoms with van der Waals surface area (Å²) < 4.78 is 0. The van der Waals surface area contributed by atoms with Crippen LogP contribution in [-0.2, 0) is 0 Å². The van der Waals surface area contributed by atoms with Gasteiger partial charge in [-0.2, -0.15) is 0 Å². The first-order valence-corrected chi connectivity index (χ1v) is 10.6. The molecule has 0 radical (unpaired) electrons. The smallest absolute Gasteiger partial charge is 0.0643 e. The van der Waals surface area contributed by atoms with Crippen LogP contribution in [0.2, 0.25) is 0 Å². The Morgan fingerprint density at radius 2 is 1.37 bits per heavy atom. The number of rotatable bonds is 3. The van der Waals surface area contributed by atoms with Crippen molar-refractivity contribution >= 4 is 43.7 Å². The van der Waals surface area contributed by atoms with E-state index in [0.717, 1.165) is 6.42 Å². The van der Waals surface area contributed by atoms with Gasteiger partial charge in [0.25, 0.3) is 0 Å². The maximum atomic E-state index is 2.51. The Hall–Kier alpha value is -3.58. The molecule has 0 saturated heterocycles. The molecule has 1 atom stereocenters. The van der Waals surface area contributed by atoms with Gasteiger partial charge < -0.3 is 4.90 Å². The van der Waals surface area contributed by atoms with E-state index in [9.17, 15) is 0 Å². The maximum absolute atomic E-state index is 2.51. The van der Waals surface area contributed by atoms with Gasteiger partial charge in [-0.05, 0) is 58.5 Å². The zero-order valence-electron chi connectivity index (χ0n) is 17.0. The Morgan fingerprint density at radius 1 is 0.667 bits per heavy atom. The van der Waals surface area contributed by atoms with Crippen LogP contribution < -0.4 is 4.90 Å². The molecule has 6 rings (SSSR count). The topological polar surface area (TPSA) is 3.24 Å². The minimum atomic E-state index is -0.126. The van der Waals surface area contributed by atoms with Crippen LogP contribution in [0.4, 0.5) is 11.4 Å². The summed E-state index contributed by atoms with van der Waals surface area (Å²) in [4.78, 5) is 2.51. The summed E-state index contributed by atoms with van der Waals surface area (Å²) in [7, 11) is 0. The van der Waals surface area contributed by atoms with Gasteiger partial charge in [0.1, 0.15) is 0 Å². The third-order valence-corrected chi connectivity index (χ3v) is 6.51. The van der Waals surface area contributed by atoms with E-state index in [1.807, 2.05) is 0 Å². The van der Waals surface area contributed by atoms with Gasteiger partial charge in [-0.25, -0.2) is 0 Å². The number of nitrogens with zero attached hydrogens (tertiary/aromatic N) is 1. The first-order chi connectivity index (χ1) is 14.7. The molecule has 1 heteroatoms. The van der Waals surface area contributed by atoms with Gasteiger partial charge in [0.2, 0.25) is 0 Å². The summed E-state index contributed by atoms with van der Waals surface area (Å²) in [5.74, 6) is 0. The molecular weight excluding hydrogens is 362 g/mol. The molecule has 0 fully saturated rings. The zero-order valence-corrected chi connectivity index (χ0v) is 17.0. The van der Waals surface area contributed by atoms with E-state index in [1.165, 1.54) is 43.7 Å². The SMILES string of the molecule is CC1(N(c2ccccc2)c2ccc3ccc4cccc5ccc2c3c45)C=CC=CC1. The number of hydrogen-bond acceptors (Lipinski definition) is 1. The Bertz CT molecular complexity index is 1410. The fourth-order valence-corrected chi connectivity index (χ4v) is 5.08. The van der Waals surface area contributed by atoms with Gasteiger partial charge in [-0.1, -0.05) is 91.0 Å². The number of benzene rings is 5. The predicted octanol–water partition coefficient (Wildman–Crippen LogP) is 8.00. The van der Waals surface area contributed by atoms with Gasteiger partial charge in [0, 0.05) is 16.8 Å². The molecule has 1 aliphatic carbocycles. The summed E-state index contributed by atoms with van der Waals surface area (Å²) in [5.41, 5.74) is 2.35. The molecule has 30 heavy (non-hydrogen) atoms. The molecule has 0 bridgehead atoms. The second-order valence-electron chi connectivity index (χ2n) is 8.46. The summed E-state index contributed by atoms with van der Waals surface area (Å²) >= 11 is 0. The van der Waals surface area contributed by atoms with Gasteiger partial charge >= 0.3 is 0 Å². The number of allylic oxidation sites excluding steroid dienone is 2. The lowest BCUT2D eigenvalue weighted by molar-refractivity contribution is 0.571. The molecule has 0 amide bonds. The molecular formula is C29H23N. The van der Waals surface area contributed by atoms with Crippen molar-refractivity contribution < 1.29 is 0 Å². The standard InChI is InChI=1S/C29H23N/c1-29(19-6-3-7-20-29)30(24-11-4-2-5-12-24)26-18-16-23-14-13-21-9-8-10-22-15-17-25(26)28(23)27(21)22/h2-19H,20H2,1H3. The monoisotopic (exact) mass is 385 g/mol. The van der Waals surface area contributed by atoms with Crippen LogP contribution in [0.15, 0.2) is 109 Å². The minimum Gasteiger partial charge on any atom is -0.331 e. The van der Waals surface area contributed by atoms with Crippen LogP contribution in [0.1, 0.15) is 13.3 Å². The van der Waals surface area contributed by atoms with Crippen molar-refractivity contribution in [3.05, 3.63) is 109 Å². The third-order valence-electron chi connectivity index (χ3n) is 6.51. The van der Waals surface area contributed by atoms with Crippen molar-refractivity contribution in [2.24, 2.45) is 0 Å². The van der Waals surface area contributed by atoms with Crippen molar-refractivity contribution in [2.75, 3.05) is 4.90 Å². The fourth-order valence-electron chi connectivity index (χ4n) is 5.08. The van der Waals surface area contributed by atoms with Crippen LogP contribution in [-0.4, -0.2) is 5.54 Å². The van der Waals surface area contributed by atoms with Gasteiger partial charge in [-0.3, -0.25) is 0 Å². The second kappa shape index (κ2) is 6.47. The van der Waals surface area contributed by atoms with Crippen LogP contribution in [0.5, 0.6) is 0 Å². The molecule has 1 nitrogen and oxygen atoms in total. The van der Waals surface area contributed by atoms with E-state index in [1.54, 1.807) is 0 Å². The Balaban J connectivity index is 1.70. The highest BCUT2D eigenvalue weighted by Gasteiger charge is 2.32. The number of anilines is 2. The van der Waals surface area contributed by atoms with E-state index in [0.29, 0.717) is 0 Å². The van der Waals surface area contributed by atoms with Gasteiger partial charge in [0.15, 0.2) is 0 Å². The average molecular weight is 386 g/mol. The lowest BCUT2D eigenvalue weighted by Crippen LogP contribution is -2.42. The van der Waals surface area contributed by atoms with Crippen molar-refractivity contribution in [2.45, 2.75) is 18.9 Å². The van der Waals surface area contributed by atoms with E-state index in [-0.39, 0.29) is 5.54 Å².